The Hall–Kier alpha value is -1.79. The molecule has 1 saturated carbocycles. The first-order chi connectivity index (χ1) is 10.8. The first kappa shape index (κ1) is 16.1. The molecule has 3 rings (SSSR count). The maximum atomic E-state index is 12.6. The van der Waals surface area contributed by atoms with E-state index >= 15 is 0 Å². The number of hydrogen-bond donors (Lipinski definition) is 0. The summed E-state index contributed by atoms with van der Waals surface area (Å²) in [7, 11) is 0. The van der Waals surface area contributed by atoms with Crippen molar-refractivity contribution in [2.24, 2.45) is 5.41 Å². The number of aromatic nitrogens is 1. The number of nitrogens with zero attached hydrogens (tertiary/aromatic N) is 2. The Labute approximate surface area is 132 Å². The van der Waals surface area contributed by atoms with Gasteiger partial charge in [0.05, 0.1) is 5.56 Å². The number of hydrogen-bond acceptors (Lipinski definition) is 3. The Morgan fingerprint density at radius 3 is 2.52 bits per heavy atom. The van der Waals surface area contributed by atoms with Gasteiger partial charge in [-0.2, -0.15) is 13.2 Å². The van der Waals surface area contributed by atoms with E-state index in [1.807, 2.05) is 0 Å². The molecule has 0 radical (unpaired) electrons. The van der Waals surface area contributed by atoms with Crippen LogP contribution in [0.15, 0.2) is 12.3 Å². The summed E-state index contributed by atoms with van der Waals surface area (Å²) in [6.45, 7) is 3.12. The Kier molecular flexibility index (Phi) is 3.98. The second-order valence-electron chi connectivity index (χ2n) is 6.63. The number of ether oxygens (including phenoxy) is 1. The lowest BCUT2D eigenvalue weighted by atomic mass is 9.61. The lowest BCUT2D eigenvalue weighted by Crippen LogP contribution is -2.50. The first-order valence-electron chi connectivity index (χ1n) is 7.71. The van der Waals surface area contributed by atoms with Crippen molar-refractivity contribution in [1.29, 1.82) is 0 Å². The van der Waals surface area contributed by atoms with Gasteiger partial charge in [-0.25, -0.2) is 4.98 Å². The number of aryl methyl sites for hydroxylation is 1. The third-order valence-corrected chi connectivity index (χ3v) is 4.96. The van der Waals surface area contributed by atoms with Crippen molar-refractivity contribution < 1.29 is 22.7 Å². The fourth-order valence-corrected chi connectivity index (χ4v) is 3.50. The van der Waals surface area contributed by atoms with E-state index < -0.39 is 11.7 Å². The van der Waals surface area contributed by atoms with E-state index in [9.17, 15) is 18.0 Å². The molecule has 0 unspecified atom stereocenters. The molecule has 1 amide bonds. The zero-order valence-electron chi connectivity index (χ0n) is 12.9. The summed E-state index contributed by atoms with van der Waals surface area (Å²) in [5, 5.41) is 0. The molecule has 0 atom stereocenters. The van der Waals surface area contributed by atoms with Crippen LogP contribution < -0.4 is 4.74 Å². The van der Waals surface area contributed by atoms with Gasteiger partial charge >= 0.3 is 6.18 Å². The highest BCUT2D eigenvalue weighted by molar-refractivity contribution is 5.47. The number of carbonyl (C=O) groups is 1. The fourth-order valence-electron chi connectivity index (χ4n) is 3.50. The lowest BCUT2D eigenvalue weighted by molar-refractivity contribution is -0.137. The molecule has 0 aromatic carbocycles. The fraction of sp³-hybridized carbons (Fsp3) is 0.625. The third kappa shape index (κ3) is 3.28. The number of carbonyl (C=O) groups excluding carboxylic acids is 1. The molecule has 126 valence electrons. The molecule has 1 saturated heterocycles. The highest BCUT2D eigenvalue weighted by Gasteiger charge is 2.47. The molecule has 2 heterocycles. The minimum absolute atomic E-state index is 0.000665. The van der Waals surface area contributed by atoms with Crippen LogP contribution in [0, 0.1) is 12.3 Å². The number of likely N-dealkylation sites (tertiary alicyclic amines) is 1. The summed E-state index contributed by atoms with van der Waals surface area (Å²) < 4.78 is 43.7. The Morgan fingerprint density at radius 2 is 2.00 bits per heavy atom. The predicted molar refractivity (Wildman–Crippen MR) is 76.9 cm³/mol. The van der Waals surface area contributed by atoms with Gasteiger partial charge in [-0.05, 0) is 44.1 Å². The summed E-state index contributed by atoms with van der Waals surface area (Å²) >= 11 is 0. The molecule has 1 aromatic rings. The smallest absolute Gasteiger partial charge is 0.417 e. The third-order valence-electron chi connectivity index (χ3n) is 4.96. The number of pyridine rings is 1. The molecule has 2 aliphatic rings. The quantitative estimate of drug-likeness (QED) is 0.800. The van der Waals surface area contributed by atoms with Crippen LogP contribution in [0.2, 0.25) is 0 Å². The second kappa shape index (κ2) is 5.69. The van der Waals surface area contributed by atoms with Crippen molar-refractivity contribution in [3.63, 3.8) is 0 Å². The van der Waals surface area contributed by atoms with Gasteiger partial charge in [0.1, 0.15) is 6.10 Å². The van der Waals surface area contributed by atoms with E-state index in [-0.39, 0.29) is 17.4 Å². The van der Waals surface area contributed by atoms with Gasteiger partial charge in [0.15, 0.2) is 0 Å². The molecule has 4 nitrogen and oxygen atoms in total. The van der Waals surface area contributed by atoms with Gasteiger partial charge in [0, 0.05) is 24.8 Å². The van der Waals surface area contributed by atoms with Crippen molar-refractivity contribution in [1.82, 2.24) is 9.88 Å². The summed E-state index contributed by atoms with van der Waals surface area (Å²) in [6.07, 6.45) is 0.998. The van der Waals surface area contributed by atoms with Crippen molar-refractivity contribution in [2.45, 2.75) is 44.9 Å². The van der Waals surface area contributed by atoms with Gasteiger partial charge in [-0.3, -0.25) is 4.79 Å². The Balaban J connectivity index is 1.57. The number of alkyl halides is 3. The first-order valence-corrected chi connectivity index (χ1v) is 7.71. The van der Waals surface area contributed by atoms with E-state index in [0.29, 0.717) is 5.56 Å². The maximum Gasteiger partial charge on any atom is 0.417 e. The number of amides is 1. The van der Waals surface area contributed by atoms with Crippen LogP contribution in [0.4, 0.5) is 13.2 Å². The maximum absolute atomic E-state index is 12.6. The molecular formula is C16H19F3N2O2. The molecule has 1 spiro atoms. The van der Waals surface area contributed by atoms with Crippen LogP contribution in [0.25, 0.3) is 0 Å². The van der Waals surface area contributed by atoms with Gasteiger partial charge < -0.3 is 9.64 Å². The number of rotatable bonds is 3. The van der Waals surface area contributed by atoms with Crippen molar-refractivity contribution in [3.8, 4) is 5.88 Å². The molecule has 1 aliphatic heterocycles. The largest absolute Gasteiger partial charge is 0.474 e. The van der Waals surface area contributed by atoms with Crippen LogP contribution >= 0.6 is 0 Å². The standard InChI is InChI=1S/C16H19F3N2O2/c1-11-6-12(16(17,18)19)9-20-14(11)23-13-7-15(8-13)2-4-21(10-22)5-3-15/h6,9-10,13H,2-5,7-8H2,1H3. The Morgan fingerprint density at radius 1 is 1.35 bits per heavy atom. The Bertz CT molecular complexity index is 587. The van der Waals surface area contributed by atoms with E-state index in [2.05, 4.69) is 4.98 Å². The van der Waals surface area contributed by atoms with Gasteiger partial charge in [-0.1, -0.05) is 0 Å². The van der Waals surface area contributed by atoms with Crippen molar-refractivity contribution in [2.75, 3.05) is 13.1 Å². The molecule has 7 heteroatoms. The zero-order valence-corrected chi connectivity index (χ0v) is 12.9. The molecule has 23 heavy (non-hydrogen) atoms. The SMILES string of the molecule is Cc1cc(C(F)(F)F)cnc1OC1CC2(CCN(C=O)CC2)C1. The summed E-state index contributed by atoms with van der Waals surface area (Å²) in [4.78, 5) is 16.3. The van der Waals surface area contributed by atoms with E-state index in [0.717, 1.165) is 57.4 Å². The van der Waals surface area contributed by atoms with Crippen LogP contribution in [0.5, 0.6) is 5.88 Å². The lowest BCUT2D eigenvalue weighted by Gasteiger charge is -2.51. The average Bonchev–Trinajstić information content (AvgIpc) is 2.47. The molecule has 1 aromatic heterocycles. The predicted octanol–water partition coefficient (Wildman–Crippen LogP) is 3.19. The highest BCUT2D eigenvalue weighted by atomic mass is 19.4. The minimum atomic E-state index is -4.39. The number of piperidine rings is 1. The van der Waals surface area contributed by atoms with Crippen molar-refractivity contribution >= 4 is 6.41 Å². The molecule has 2 fully saturated rings. The van der Waals surface area contributed by atoms with Crippen LogP contribution in [-0.2, 0) is 11.0 Å². The van der Waals surface area contributed by atoms with Crippen LogP contribution in [0.3, 0.4) is 0 Å². The average molecular weight is 328 g/mol. The van der Waals surface area contributed by atoms with Gasteiger partial charge in [0.25, 0.3) is 0 Å². The van der Waals surface area contributed by atoms with Crippen LogP contribution in [-0.4, -0.2) is 35.5 Å². The molecule has 0 N–H and O–H groups in total. The molecule has 1 aliphatic carbocycles. The monoisotopic (exact) mass is 328 g/mol. The normalized spacial score (nSPS) is 21.1. The van der Waals surface area contributed by atoms with E-state index in [1.54, 1.807) is 11.8 Å². The highest BCUT2D eigenvalue weighted by Crippen LogP contribution is 2.50. The van der Waals surface area contributed by atoms with Crippen molar-refractivity contribution in [3.05, 3.63) is 23.4 Å². The van der Waals surface area contributed by atoms with Gasteiger partial charge in [0.2, 0.25) is 12.3 Å². The molecular weight excluding hydrogens is 309 g/mol. The summed E-state index contributed by atoms with van der Waals surface area (Å²) in [6, 6.07) is 1.07. The topological polar surface area (TPSA) is 42.4 Å². The zero-order chi connectivity index (χ0) is 16.7. The minimum Gasteiger partial charge on any atom is -0.474 e. The second-order valence-corrected chi connectivity index (χ2v) is 6.63. The summed E-state index contributed by atoms with van der Waals surface area (Å²) in [5.41, 5.74) is -0.130. The van der Waals surface area contributed by atoms with E-state index in [4.69, 9.17) is 4.74 Å². The molecule has 0 bridgehead atoms. The summed E-state index contributed by atoms with van der Waals surface area (Å²) in [5.74, 6) is 0.281. The number of halogens is 3. The van der Waals surface area contributed by atoms with Crippen LogP contribution in [0.1, 0.15) is 36.8 Å². The van der Waals surface area contributed by atoms with Gasteiger partial charge in [-0.15, -0.1) is 0 Å². The van der Waals surface area contributed by atoms with E-state index in [1.165, 1.54) is 0 Å².